The van der Waals surface area contributed by atoms with Crippen LogP contribution in [-0.4, -0.2) is 0 Å². The average molecular weight is 945 g/mol. The summed E-state index contributed by atoms with van der Waals surface area (Å²) in [6, 6.07) is 85.3. The monoisotopic (exact) mass is 944 g/mol. The molecule has 0 bridgehead atoms. The summed E-state index contributed by atoms with van der Waals surface area (Å²) in [6.07, 6.45) is 2.53. The summed E-state index contributed by atoms with van der Waals surface area (Å²) in [7, 11) is -5.00. The molecule has 9 rings (SSSR count). The highest BCUT2D eigenvalue weighted by Crippen LogP contribution is 2.62. The van der Waals surface area contributed by atoms with Crippen molar-refractivity contribution in [3.8, 4) is 0 Å². The van der Waals surface area contributed by atoms with Crippen molar-refractivity contribution in [2.75, 3.05) is 0 Å². The maximum Gasteiger partial charge on any atom is 0.647 e. The van der Waals surface area contributed by atoms with E-state index in [1.54, 1.807) is 0 Å². The lowest BCUT2D eigenvalue weighted by atomic mass is 9.94. The van der Waals surface area contributed by atoms with Crippen molar-refractivity contribution in [3.63, 3.8) is 0 Å². The molecule has 0 atom stereocenters. The third-order valence-electron chi connectivity index (χ3n) is 12.5. The molecule has 71 heavy (non-hydrogen) atoms. The van der Waals surface area contributed by atoms with Crippen LogP contribution in [0.1, 0.15) is 87.5 Å². The highest BCUT2D eigenvalue weighted by Gasteiger charge is 2.40. The van der Waals surface area contributed by atoms with Crippen molar-refractivity contribution < 1.29 is 18.1 Å². The maximum atomic E-state index is 17.5. The molecule has 9 aromatic rings. The highest BCUT2D eigenvalue weighted by atomic mass is 31.2. The van der Waals surface area contributed by atoms with Crippen LogP contribution in [0.15, 0.2) is 255 Å². The Hall–Kier alpha value is -8.17. The Bertz CT molecular complexity index is 2790. The molecule has 0 aliphatic heterocycles. The van der Waals surface area contributed by atoms with Crippen molar-refractivity contribution in [3.05, 3.63) is 322 Å². The number of phosphoric ester groups is 1. The molecule has 0 amide bonds. The molecule has 5 heteroatoms. The first-order chi connectivity index (χ1) is 34.9. The number of hydrogen-bond donors (Lipinski definition) is 0. The molecule has 0 spiro atoms. The zero-order valence-electron chi connectivity index (χ0n) is 40.5. The summed E-state index contributed by atoms with van der Waals surface area (Å²) < 4.78 is 39.8. The van der Waals surface area contributed by atoms with Gasteiger partial charge in [-0.1, -0.05) is 276 Å². The van der Waals surface area contributed by atoms with Crippen molar-refractivity contribution in [1.82, 2.24) is 0 Å². The van der Waals surface area contributed by atoms with Gasteiger partial charge in [0.1, 0.15) is 17.3 Å². The zero-order chi connectivity index (χ0) is 48.8. The van der Waals surface area contributed by atoms with Gasteiger partial charge in [0.25, 0.3) is 0 Å². The molecular formula is C66H57O4P. The van der Waals surface area contributed by atoms with Gasteiger partial charge in [0.2, 0.25) is 0 Å². The highest BCUT2D eigenvalue weighted by molar-refractivity contribution is 7.49. The predicted molar refractivity (Wildman–Crippen MR) is 295 cm³/mol. The zero-order valence-corrected chi connectivity index (χ0v) is 41.3. The fourth-order valence-corrected chi connectivity index (χ4v) is 10.1. The number of benzene rings is 9. The van der Waals surface area contributed by atoms with E-state index in [0.29, 0.717) is 34.0 Å². The minimum atomic E-state index is -5.00. The molecule has 9 aromatic carbocycles. The molecular weight excluding hydrogens is 888 g/mol. The smallest absolute Gasteiger partial charge is 0.385 e. The van der Waals surface area contributed by atoms with Crippen LogP contribution < -0.4 is 0 Å². The van der Waals surface area contributed by atoms with Crippen LogP contribution >= 0.6 is 7.82 Å². The van der Waals surface area contributed by atoms with E-state index in [0.717, 1.165) is 86.1 Å². The number of hydrogen-bond acceptors (Lipinski definition) is 4. The van der Waals surface area contributed by atoms with Crippen molar-refractivity contribution >= 4 is 41.8 Å². The van der Waals surface area contributed by atoms with E-state index < -0.39 is 7.82 Å². The molecule has 0 N–H and O–H groups in total. The third kappa shape index (κ3) is 11.5. The summed E-state index contributed by atoms with van der Waals surface area (Å²) in [6.45, 7) is 6.40. The first-order valence-corrected chi connectivity index (χ1v) is 25.9. The molecule has 350 valence electrons. The topological polar surface area (TPSA) is 44.8 Å². The maximum absolute atomic E-state index is 17.5. The van der Waals surface area contributed by atoms with E-state index in [9.17, 15) is 0 Å². The van der Waals surface area contributed by atoms with Gasteiger partial charge in [-0.3, -0.25) is 0 Å². The summed E-state index contributed by atoms with van der Waals surface area (Å²) in [5.74, 6) is 0.991. The van der Waals surface area contributed by atoms with Crippen LogP contribution in [0.3, 0.4) is 0 Å². The lowest BCUT2D eigenvalue weighted by Crippen LogP contribution is -2.07. The molecule has 0 aromatic heterocycles. The SMILES string of the molecule is CCc1ccc(C(OP(=O)(OC(=C(c2ccccc2)c2ccccc2)c2ccc(CC)cc2)OC(=C(c2ccccc2)c2ccccc2)c2ccc(CC)cc2)=C(c2ccccc2)c2ccccc2)cc1. The molecule has 0 unspecified atom stereocenters. The van der Waals surface area contributed by atoms with E-state index in [1.165, 1.54) is 0 Å². The van der Waals surface area contributed by atoms with Crippen LogP contribution in [0.25, 0.3) is 34.0 Å². The number of phosphoric acid groups is 1. The second-order valence-corrected chi connectivity index (χ2v) is 18.6. The minimum Gasteiger partial charge on any atom is -0.385 e. The van der Waals surface area contributed by atoms with Gasteiger partial charge in [-0.25, -0.2) is 0 Å². The molecule has 4 nitrogen and oxygen atoms in total. The van der Waals surface area contributed by atoms with Gasteiger partial charge in [0.15, 0.2) is 0 Å². The van der Waals surface area contributed by atoms with E-state index in [2.05, 4.69) is 57.2 Å². The van der Waals surface area contributed by atoms with Crippen molar-refractivity contribution in [2.45, 2.75) is 40.0 Å². The second kappa shape index (κ2) is 23.0. The van der Waals surface area contributed by atoms with E-state index in [1.807, 2.05) is 218 Å². The van der Waals surface area contributed by atoms with Crippen LogP contribution in [0.4, 0.5) is 0 Å². The number of rotatable bonds is 18. The average Bonchev–Trinajstić information content (AvgIpc) is 3.44. The lowest BCUT2D eigenvalue weighted by molar-refractivity contribution is 0.259. The summed E-state index contributed by atoms with van der Waals surface area (Å²) in [4.78, 5) is 0. The van der Waals surface area contributed by atoms with Gasteiger partial charge < -0.3 is 13.6 Å². The molecule has 0 saturated carbocycles. The summed E-state index contributed by atoms with van der Waals surface area (Å²) in [5, 5.41) is 0. The second-order valence-electron chi connectivity index (χ2n) is 17.2. The Labute approximate surface area is 419 Å². The fraction of sp³-hybridized carbons (Fsp3) is 0.0909. The Morgan fingerprint density at radius 3 is 0.620 bits per heavy atom. The minimum absolute atomic E-state index is 0.330. The van der Waals surface area contributed by atoms with Gasteiger partial charge >= 0.3 is 7.82 Å². The fourth-order valence-electron chi connectivity index (χ4n) is 8.71. The third-order valence-corrected chi connectivity index (χ3v) is 13.8. The molecule has 0 fully saturated rings. The van der Waals surface area contributed by atoms with Crippen molar-refractivity contribution in [2.24, 2.45) is 0 Å². The first-order valence-electron chi connectivity index (χ1n) is 24.5. The van der Waals surface area contributed by atoms with Gasteiger partial charge in [0.05, 0.1) is 0 Å². The van der Waals surface area contributed by atoms with Gasteiger partial charge in [0, 0.05) is 33.4 Å². The largest absolute Gasteiger partial charge is 0.647 e. The lowest BCUT2D eigenvalue weighted by Gasteiger charge is -2.28. The molecule has 0 saturated heterocycles. The van der Waals surface area contributed by atoms with E-state index >= 15 is 4.57 Å². The van der Waals surface area contributed by atoms with Crippen LogP contribution in [0.2, 0.25) is 0 Å². The molecule has 0 heterocycles. The van der Waals surface area contributed by atoms with E-state index in [4.69, 9.17) is 13.6 Å². The summed E-state index contributed by atoms with van der Waals surface area (Å²) in [5.41, 5.74) is 12.9. The quantitative estimate of drug-likeness (QED) is 0.0488. The Balaban J connectivity index is 1.41. The Morgan fingerprint density at radius 2 is 0.451 bits per heavy atom. The normalized spacial score (nSPS) is 11.0. The number of aryl methyl sites for hydroxylation is 3. The van der Waals surface area contributed by atoms with Gasteiger partial charge in [-0.05, 0) is 69.3 Å². The predicted octanol–water partition coefficient (Wildman–Crippen LogP) is 17.7. The summed E-state index contributed by atoms with van der Waals surface area (Å²) >= 11 is 0. The molecule has 0 radical (unpaired) electrons. The Morgan fingerprint density at radius 1 is 0.268 bits per heavy atom. The van der Waals surface area contributed by atoms with Gasteiger partial charge in [-0.2, -0.15) is 4.57 Å². The standard InChI is InChI=1S/C66H57O4P/c1-4-49-37-43-58(44-38-49)64(61(52-25-13-7-14-26-52)53-27-15-8-16-28-53)68-71(67,69-65(59-45-39-50(5-2)40-46-59)62(54-29-17-9-18-30-54)55-31-19-10-20-32-55)70-66(60-47-41-51(6-3)42-48-60)63(56-33-21-11-22-34-56)57-35-23-12-24-36-57/h7-48H,4-6H2,1-3H3. The van der Waals surface area contributed by atoms with Crippen LogP contribution in [-0.2, 0) is 37.4 Å². The van der Waals surface area contributed by atoms with Crippen molar-refractivity contribution in [1.29, 1.82) is 0 Å². The van der Waals surface area contributed by atoms with Crippen LogP contribution in [0.5, 0.6) is 0 Å². The van der Waals surface area contributed by atoms with E-state index in [-0.39, 0.29) is 0 Å². The molecule has 0 aliphatic rings. The Kier molecular flexibility index (Phi) is 15.5. The van der Waals surface area contributed by atoms with Crippen LogP contribution in [0, 0.1) is 0 Å². The van der Waals surface area contributed by atoms with Gasteiger partial charge in [-0.15, -0.1) is 0 Å². The first kappa shape index (κ1) is 47.9. The molecule has 0 aliphatic carbocycles.